The quantitative estimate of drug-likeness (QED) is 0.362. The lowest BCUT2D eigenvalue weighted by molar-refractivity contribution is -0.384. The van der Waals surface area contributed by atoms with Gasteiger partial charge in [0.25, 0.3) is 11.6 Å². The number of nitro groups is 1. The highest BCUT2D eigenvalue weighted by molar-refractivity contribution is 5.91. The van der Waals surface area contributed by atoms with Gasteiger partial charge in [0, 0.05) is 17.7 Å². The fourth-order valence-electron chi connectivity index (χ4n) is 2.43. The summed E-state index contributed by atoms with van der Waals surface area (Å²) >= 11 is 0. The number of carbonyl (C=O) groups excluding carboxylic acids is 1. The Bertz CT molecular complexity index is 976. The molecule has 10 nitrogen and oxygen atoms in total. The van der Waals surface area contributed by atoms with Crippen LogP contribution in [-0.4, -0.2) is 26.2 Å². The molecule has 2 heterocycles. The number of nitrogens with zero attached hydrogens (tertiary/aromatic N) is 4. The zero-order valence-corrected chi connectivity index (χ0v) is 14.8. The second-order valence-corrected chi connectivity index (χ2v) is 5.71. The van der Waals surface area contributed by atoms with Gasteiger partial charge in [0.05, 0.1) is 10.6 Å². The molecule has 140 valence electrons. The van der Waals surface area contributed by atoms with Gasteiger partial charge in [-0.15, -0.1) is 10.2 Å². The molecule has 2 aromatic heterocycles. The smallest absolute Gasteiger partial charge is 0.344 e. The summed E-state index contributed by atoms with van der Waals surface area (Å²) in [4.78, 5) is 22.6. The Kier molecular flexibility index (Phi) is 4.97. The van der Waals surface area contributed by atoms with E-state index in [-0.39, 0.29) is 17.5 Å². The normalized spacial score (nSPS) is 12.0. The molecule has 0 bridgehead atoms. The second kappa shape index (κ2) is 7.36. The van der Waals surface area contributed by atoms with Crippen LogP contribution in [0, 0.1) is 17.0 Å². The molecule has 3 aromatic rings. The van der Waals surface area contributed by atoms with E-state index in [0.717, 1.165) is 0 Å². The third-order valence-electron chi connectivity index (χ3n) is 3.87. The summed E-state index contributed by atoms with van der Waals surface area (Å²) in [6, 6.07) is 5.67. The largest absolute Gasteiger partial charge is 0.449 e. The van der Waals surface area contributed by atoms with Crippen molar-refractivity contribution in [2.24, 2.45) is 0 Å². The first-order valence-corrected chi connectivity index (χ1v) is 8.15. The number of hydrogen-bond donors (Lipinski definition) is 0. The molecule has 27 heavy (non-hydrogen) atoms. The molecule has 1 aromatic carbocycles. The van der Waals surface area contributed by atoms with Gasteiger partial charge >= 0.3 is 5.97 Å². The van der Waals surface area contributed by atoms with E-state index in [1.54, 1.807) is 13.8 Å². The standard InChI is InChI=1S/C17H16N4O6/c1-4-13-14(9(2)27-20-13)17(22)25-10(3)15-18-19-16(26-15)11-5-7-12(8-6-11)21(23)24/h5-8,10H,4H2,1-3H3/t10-/m0/s1. The first-order chi connectivity index (χ1) is 12.9. The molecule has 0 spiro atoms. The zero-order chi connectivity index (χ0) is 19.6. The van der Waals surface area contributed by atoms with Gasteiger partial charge in [-0.05, 0) is 32.4 Å². The summed E-state index contributed by atoms with van der Waals surface area (Å²) in [6.45, 7) is 5.08. The van der Waals surface area contributed by atoms with Crippen molar-refractivity contribution in [1.82, 2.24) is 15.4 Å². The van der Waals surface area contributed by atoms with Gasteiger partial charge in [-0.3, -0.25) is 10.1 Å². The first kappa shape index (κ1) is 18.2. The Hall–Kier alpha value is -3.56. The summed E-state index contributed by atoms with van der Waals surface area (Å²) in [6.07, 6.45) is -0.267. The van der Waals surface area contributed by atoms with Crippen molar-refractivity contribution in [1.29, 1.82) is 0 Å². The Labute approximate surface area is 153 Å². The van der Waals surface area contributed by atoms with E-state index in [1.807, 2.05) is 6.92 Å². The number of nitro benzene ring substituents is 1. The molecule has 0 amide bonds. The van der Waals surface area contributed by atoms with E-state index in [0.29, 0.717) is 29.0 Å². The van der Waals surface area contributed by atoms with Gasteiger partial charge in [-0.1, -0.05) is 12.1 Å². The Morgan fingerprint density at radius 3 is 2.63 bits per heavy atom. The second-order valence-electron chi connectivity index (χ2n) is 5.71. The molecule has 1 atom stereocenters. The van der Waals surface area contributed by atoms with Crippen LogP contribution < -0.4 is 0 Å². The van der Waals surface area contributed by atoms with Crippen LogP contribution in [0.3, 0.4) is 0 Å². The fraction of sp³-hybridized carbons (Fsp3) is 0.294. The summed E-state index contributed by atoms with van der Waals surface area (Å²) in [5.74, 6) is 0.0522. The number of hydrogen-bond acceptors (Lipinski definition) is 9. The predicted octanol–water partition coefficient (Wildman–Crippen LogP) is 3.42. The molecule has 10 heteroatoms. The van der Waals surface area contributed by atoms with E-state index < -0.39 is 17.0 Å². The lowest BCUT2D eigenvalue weighted by atomic mass is 10.1. The number of non-ortho nitro benzene ring substituents is 1. The van der Waals surface area contributed by atoms with Gasteiger partial charge in [-0.25, -0.2) is 4.79 Å². The van der Waals surface area contributed by atoms with Crippen LogP contribution in [0.1, 0.15) is 47.7 Å². The Morgan fingerprint density at radius 2 is 2.00 bits per heavy atom. The molecule has 0 radical (unpaired) electrons. The van der Waals surface area contributed by atoms with Crippen molar-refractivity contribution >= 4 is 11.7 Å². The van der Waals surface area contributed by atoms with Crippen LogP contribution >= 0.6 is 0 Å². The highest BCUT2D eigenvalue weighted by Gasteiger charge is 2.25. The van der Waals surface area contributed by atoms with Crippen molar-refractivity contribution in [3.63, 3.8) is 0 Å². The number of carbonyl (C=O) groups is 1. The number of benzene rings is 1. The SMILES string of the molecule is CCc1noc(C)c1C(=O)O[C@@H](C)c1nnc(-c2ccc([N+](=O)[O-])cc2)o1. The van der Waals surface area contributed by atoms with Crippen LogP contribution in [-0.2, 0) is 11.2 Å². The van der Waals surface area contributed by atoms with Crippen molar-refractivity contribution in [2.75, 3.05) is 0 Å². The molecule has 0 aliphatic heterocycles. The maximum absolute atomic E-state index is 12.4. The summed E-state index contributed by atoms with van der Waals surface area (Å²) in [7, 11) is 0. The summed E-state index contributed by atoms with van der Waals surface area (Å²) < 4.78 is 15.9. The average Bonchev–Trinajstić information content (AvgIpc) is 3.28. The minimum atomic E-state index is -0.796. The van der Waals surface area contributed by atoms with Crippen LogP contribution in [0.15, 0.2) is 33.2 Å². The Balaban J connectivity index is 1.75. The maximum Gasteiger partial charge on any atom is 0.344 e. The summed E-state index contributed by atoms with van der Waals surface area (Å²) in [5, 5.41) is 22.3. The van der Waals surface area contributed by atoms with Crippen molar-refractivity contribution < 1.29 is 23.4 Å². The van der Waals surface area contributed by atoms with Crippen molar-refractivity contribution in [2.45, 2.75) is 33.3 Å². The lowest BCUT2D eigenvalue weighted by Crippen LogP contribution is -2.11. The number of aromatic nitrogens is 3. The predicted molar refractivity (Wildman–Crippen MR) is 90.8 cm³/mol. The van der Waals surface area contributed by atoms with Crippen molar-refractivity contribution in [3.05, 3.63) is 57.3 Å². The molecular weight excluding hydrogens is 356 g/mol. The van der Waals surface area contributed by atoms with E-state index in [9.17, 15) is 14.9 Å². The minimum Gasteiger partial charge on any atom is -0.449 e. The van der Waals surface area contributed by atoms with Gasteiger partial charge in [0.1, 0.15) is 11.3 Å². The van der Waals surface area contributed by atoms with Crippen LogP contribution in [0.5, 0.6) is 0 Å². The number of esters is 1. The van der Waals surface area contributed by atoms with E-state index >= 15 is 0 Å². The third-order valence-corrected chi connectivity index (χ3v) is 3.87. The molecule has 0 fully saturated rings. The number of aryl methyl sites for hydroxylation is 2. The zero-order valence-electron chi connectivity index (χ0n) is 14.8. The van der Waals surface area contributed by atoms with E-state index in [2.05, 4.69) is 15.4 Å². The van der Waals surface area contributed by atoms with E-state index in [1.165, 1.54) is 24.3 Å². The molecule has 0 aliphatic carbocycles. The molecule has 0 aliphatic rings. The molecule has 0 N–H and O–H groups in total. The van der Waals surface area contributed by atoms with Crippen LogP contribution in [0.2, 0.25) is 0 Å². The van der Waals surface area contributed by atoms with Crippen LogP contribution in [0.4, 0.5) is 5.69 Å². The topological polar surface area (TPSA) is 134 Å². The van der Waals surface area contributed by atoms with Crippen LogP contribution in [0.25, 0.3) is 11.5 Å². The average molecular weight is 372 g/mol. The number of rotatable bonds is 6. The molecule has 3 rings (SSSR count). The summed E-state index contributed by atoms with van der Waals surface area (Å²) in [5.41, 5.74) is 1.28. The molecule has 0 saturated carbocycles. The Morgan fingerprint density at radius 1 is 1.30 bits per heavy atom. The monoisotopic (exact) mass is 372 g/mol. The lowest BCUT2D eigenvalue weighted by Gasteiger charge is -2.09. The minimum absolute atomic E-state index is 0.0448. The first-order valence-electron chi connectivity index (χ1n) is 8.15. The van der Waals surface area contributed by atoms with Gasteiger partial charge in [0.15, 0.2) is 6.10 Å². The fourth-order valence-corrected chi connectivity index (χ4v) is 2.43. The van der Waals surface area contributed by atoms with E-state index in [4.69, 9.17) is 13.7 Å². The molecule has 0 saturated heterocycles. The van der Waals surface area contributed by atoms with Gasteiger partial charge in [0.2, 0.25) is 5.89 Å². The molecular formula is C17H16N4O6. The molecule has 0 unspecified atom stereocenters. The van der Waals surface area contributed by atoms with Crippen molar-refractivity contribution in [3.8, 4) is 11.5 Å². The highest BCUT2D eigenvalue weighted by atomic mass is 16.6. The highest BCUT2D eigenvalue weighted by Crippen LogP contribution is 2.25. The third kappa shape index (κ3) is 3.68. The maximum atomic E-state index is 12.4. The number of ether oxygens (including phenoxy) is 1. The van der Waals surface area contributed by atoms with Gasteiger partial charge in [-0.2, -0.15) is 0 Å². The van der Waals surface area contributed by atoms with Gasteiger partial charge < -0.3 is 13.7 Å².